The predicted molar refractivity (Wildman–Crippen MR) is 74.2 cm³/mol. The molecule has 0 unspecified atom stereocenters. The van der Waals surface area contributed by atoms with Crippen LogP contribution in [0.4, 0.5) is 4.39 Å². The second-order valence-electron chi connectivity index (χ2n) is 5.77. The van der Waals surface area contributed by atoms with E-state index < -0.39 is 6.17 Å². The van der Waals surface area contributed by atoms with E-state index in [9.17, 15) is 4.39 Å². The number of hydrogen-bond acceptors (Lipinski definition) is 0. The van der Waals surface area contributed by atoms with Crippen molar-refractivity contribution in [2.24, 2.45) is 0 Å². The van der Waals surface area contributed by atoms with Crippen LogP contribution in [-0.2, 0) is 0 Å². The van der Waals surface area contributed by atoms with E-state index in [0.717, 1.165) is 25.7 Å². The van der Waals surface area contributed by atoms with Crippen LogP contribution in [0.5, 0.6) is 0 Å². The minimum Gasteiger partial charge on any atom is -0.247 e. The fourth-order valence-corrected chi connectivity index (χ4v) is 2.82. The third-order valence-corrected chi connectivity index (χ3v) is 4.03. The van der Waals surface area contributed by atoms with Gasteiger partial charge in [0.1, 0.15) is 6.17 Å². The summed E-state index contributed by atoms with van der Waals surface area (Å²) in [5.41, 5.74) is 0. The van der Waals surface area contributed by atoms with Gasteiger partial charge in [-0.15, -0.1) is 0 Å². The Morgan fingerprint density at radius 2 is 0.647 bits per heavy atom. The van der Waals surface area contributed by atoms with Crippen molar-refractivity contribution in [2.45, 2.75) is 102 Å². The lowest BCUT2D eigenvalue weighted by molar-refractivity contribution is 0.267. The molecule has 0 heterocycles. The van der Waals surface area contributed by atoms with E-state index in [1.54, 1.807) is 0 Å². The van der Waals surface area contributed by atoms with Crippen molar-refractivity contribution < 1.29 is 4.39 Å². The van der Waals surface area contributed by atoms with Crippen LogP contribution in [-0.4, -0.2) is 6.17 Å². The van der Waals surface area contributed by atoms with E-state index in [2.05, 4.69) is 0 Å². The first kappa shape index (κ1) is 15.0. The van der Waals surface area contributed by atoms with Gasteiger partial charge in [-0.05, 0) is 12.8 Å². The molecule has 102 valence electrons. The van der Waals surface area contributed by atoms with Crippen LogP contribution in [0.2, 0.25) is 0 Å². The van der Waals surface area contributed by atoms with E-state index in [4.69, 9.17) is 0 Å². The summed E-state index contributed by atoms with van der Waals surface area (Å²) in [6.07, 6.45) is 19.2. The molecule has 2 aliphatic rings. The average Bonchev–Trinajstić information content (AvgIpc) is 2.23. The Balaban J connectivity index is 0.000000171. The van der Waals surface area contributed by atoms with Crippen LogP contribution in [0.15, 0.2) is 0 Å². The SMILES string of the molecule is C1CCCCCCC1.FC1CCCCCCC1. The van der Waals surface area contributed by atoms with Gasteiger partial charge in [0.25, 0.3) is 0 Å². The maximum absolute atomic E-state index is 12.6. The summed E-state index contributed by atoms with van der Waals surface area (Å²) in [6, 6.07) is 0. The minimum atomic E-state index is -0.481. The lowest BCUT2D eigenvalue weighted by atomic mass is 10.00. The van der Waals surface area contributed by atoms with Gasteiger partial charge >= 0.3 is 0 Å². The van der Waals surface area contributed by atoms with Crippen LogP contribution < -0.4 is 0 Å². The molecule has 0 aromatic carbocycles. The van der Waals surface area contributed by atoms with Crippen LogP contribution in [0, 0.1) is 0 Å². The Kier molecular flexibility index (Phi) is 9.74. The molecule has 0 spiro atoms. The first-order chi connectivity index (χ1) is 8.39. The van der Waals surface area contributed by atoms with Gasteiger partial charge in [-0.1, -0.05) is 83.5 Å². The molecule has 0 bridgehead atoms. The summed E-state index contributed by atoms with van der Waals surface area (Å²) in [7, 11) is 0. The Bertz CT molecular complexity index is 124. The van der Waals surface area contributed by atoms with E-state index in [1.165, 1.54) is 70.6 Å². The molecule has 0 aliphatic heterocycles. The molecule has 0 amide bonds. The molecule has 0 saturated heterocycles. The highest BCUT2D eigenvalue weighted by molar-refractivity contribution is 4.60. The second kappa shape index (κ2) is 11.0. The van der Waals surface area contributed by atoms with Crippen LogP contribution in [0.1, 0.15) is 96.3 Å². The highest BCUT2D eigenvalue weighted by Crippen LogP contribution is 2.18. The molecule has 0 atom stereocenters. The van der Waals surface area contributed by atoms with Crippen LogP contribution >= 0.6 is 0 Å². The molecular formula is C16H31F. The van der Waals surface area contributed by atoms with E-state index in [0.29, 0.717) is 0 Å². The van der Waals surface area contributed by atoms with Crippen molar-refractivity contribution in [3.8, 4) is 0 Å². The first-order valence-electron chi connectivity index (χ1n) is 8.03. The number of alkyl halides is 1. The Hall–Kier alpha value is -0.0700. The lowest BCUT2D eigenvalue weighted by Gasteiger charge is -2.11. The van der Waals surface area contributed by atoms with Crippen molar-refractivity contribution in [1.29, 1.82) is 0 Å². The molecule has 0 aromatic heterocycles. The molecule has 2 fully saturated rings. The van der Waals surface area contributed by atoms with E-state index in [-0.39, 0.29) is 0 Å². The fourth-order valence-electron chi connectivity index (χ4n) is 2.82. The lowest BCUT2D eigenvalue weighted by Crippen LogP contribution is -2.02. The van der Waals surface area contributed by atoms with Gasteiger partial charge in [-0.2, -0.15) is 0 Å². The quantitative estimate of drug-likeness (QED) is 0.475. The van der Waals surface area contributed by atoms with Gasteiger partial charge in [0.15, 0.2) is 0 Å². The predicted octanol–water partition coefficient (Wildman–Crippen LogP) is 6.19. The third-order valence-electron chi connectivity index (χ3n) is 4.03. The third kappa shape index (κ3) is 9.62. The van der Waals surface area contributed by atoms with Gasteiger partial charge in [0.05, 0.1) is 0 Å². The number of halogens is 1. The molecule has 2 rings (SSSR count). The Labute approximate surface area is 107 Å². The Morgan fingerprint density at radius 3 is 0.941 bits per heavy atom. The highest BCUT2D eigenvalue weighted by atomic mass is 19.1. The zero-order chi connectivity index (χ0) is 12.2. The molecule has 0 radical (unpaired) electrons. The van der Waals surface area contributed by atoms with Gasteiger partial charge in [-0.3, -0.25) is 0 Å². The van der Waals surface area contributed by atoms with Crippen molar-refractivity contribution >= 4 is 0 Å². The second-order valence-corrected chi connectivity index (χ2v) is 5.77. The molecule has 17 heavy (non-hydrogen) atoms. The maximum Gasteiger partial charge on any atom is 0.100 e. The van der Waals surface area contributed by atoms with Gasteiger partial charge in [-0.25, -0.2) is 4.39 Å². The van der Waals surface area contributed by atoms with Gasteiger partial charge in [0.2, 0.25) is 0 Å². The first-order valence-corrected chi connectivity index (χ1v) is 8.03. The molecule has 2 saturated carbocycles. The molecular weight excluding hydrogens is 211 g/mol. The Morgan fingerprint density at radius 1 is 0.412 bits per heavy atom. The summed E-state index contributed by atoms with van der Waals surface area (Å²) in [4.78, 5) is 0. The maximum atomic E-state index is 12.6. The zero-order valence-electron chi connectivity index (χ0n) is 11.6. The largest absolute Gasteiger partial charge is 0.247 e. The number of hydrogen-bond donors (Lipinski definition) is 0. The van der Waals surface area contributed by atoms with Gasteiger partial charge in [0, 0.05) is 0 Å². The standard InChI is InChI=1S/C8H15F.C8H16/c9-8-6-4-2-1-3-5-7-8;1-2-4-6-8-7-5-3-1/h8H,1-7H2;1-8H2. The molecule has 2 aliphatic carbocycles. The minimum absolute atomic E-state index is 0.481. The number of rotatable bonds is 0. The highest BCUT2D eigenvalue weighted by Gasteiger charge is 2.07. The molecule has 1 heteroatoms. The smallest absolute Gasteiger partial charge is 0.100 e. The van der Waals surface area contributed by atoms with E-state index >= 15 is 0 Å². The topological polar surface area (TPSA) is 0 Å². The van der Waals surface area contributed by atoms with Crippen molar-refractivity contribution in [3.63, 3.8) is 0 Å². The summed E-state index contributed by atoms with van der Waals surface area (Å²) >= 11 is 0. The van der Waals surface area contributed by atoms with Gasteiger partial charge < -0.3 is 0 Å². The fraction of sp³-hybridized carbons (Fsp3) is 1.00. The normalized spacial score (nSPS) is 24.5. The summed E-state index contributed by atoms with van der Waals surface area (Å²) in [5.74, 6) is 0. The van der Waals surface area contributed by atoms with Crippen molar-refractivity contribution in [1.82, 2.24) is 0 Å². The average molecular weight is 242 g/mol. The molecule has 0 aromatic rings. The zero-order valence-corrected chi connectivity index (χ0v) is 11.6. The van der Waals surface area contributed by atoms with Crippen LogP contribution in [0.3, 0.4) is 0 Å². The monoisotopic (exact) mass is 242 g/mol. The van der Waals surface area contributed by atoms with E-state index in [1.807, 2.05) is 0 Å². The summed E-state index contributed by atoms with van der Waals surface area (Å²) in [5, 5.41) is 0. The molecule has 0 nitrogen and oxygen atoms in total. The van der Waals surface area contributed by atoms with Crippen molar-refractivity contribution in [2.75, 3.05) is 0 Å². The van der Waals surface area contributed by atoms with Crippen LogP contribution in [0.25, 0.3) is 0 Å². The summed E-state index contributed by atoms with van der Waals surface area (Å²) in [6.45, 7) is 0. The summed E-state index contributed by atoms with van der Waals surface area (Å²) < 4.78 is 12.6. The van der Waals surface area contributed by atoms with Crippen molar-refractivity contribution in [3.05, 3.63) is 0 Å². The molecule has 0 N–H and O–H groups in total.